The minimum Gasteiger partial charge on any atom is -0.495 e. The lowest BCUT2D eigenvalue weighted by atomic mass is 10.1. The molecule has 0 aliphatic rings. The summed E-state index contributed by atoms with van der Waals surface area (Å²) in [6.45, 7) is 0. The van der Waals surface area contributed by atoms with Crippen LogP contribution in [-0.2, 0) is 5.33 Å². The Morgan fingerprint density at radius 3 is 2.77 bits per heavy atom. The first-order chi connectivity index (χ1) is 6.22. The standard InChI is InChI=1S/C9H7BrINO/c1-13-9-3-7(11)2-6(4-10)8(9)5-12/h2-3H,4H2,1H3. The Morgan fingerprint density at radius 2 is 2.31 bits per heavy atom. The smallest absolute Gasteiger partial charge is 0.137 e. The summed E-state index contributed by atoms with van der Waals surface area (Å²) in [6.07, 6.45) is 0. The zero-order chi connectivity index (χ0) is 9.84. The van der Waals surface area contributed by atoms with Gasteiger partial charge in [-0.15, -0.1) is 0 Å². The number of nitriles is 1. The van der Waals surface area contributed by atoms with Crippen LogP contribution in [0, 0.1) is 14.9 Å². The van der Waals surface area contributed by atoms with Gasteiger partial charge in [-0.2, -0.15) is 5.26 Å². The van der Waals surface area contributed by atoms with E-state index in [2.05, 4.69) is 44.6 Å². The third-order valence-electron chi connectivity index (χ3n) is 1.62. The molecule has 1 aromatic carbocycles. The maximum atomic E-state index is 8.90. The molecule has 0 amide bonds. The molecule has 2 nitrogen and oxygen atoms in total. The van der Waals surface area contributed by atoms with Crippen molar-refractivity contribution in [3.63, 3.8) is 0 Å². The van der Waals surface area contributed by atoms with Crippen molar-refractivity contribution in [2.45, 2.75) is 5.33 Å². The minimum atomic E-state index is 0.611. The van der Waals surface area contributed by atoms with Gasteiger partial charge >= 0.3 is 0 Å². The van der Waals surface area contributed by atoms with Gasteiger partial charge < -0.3 is 4.74 Å². The number of halogens is 2. The van der Waals surface area contributed by atoms with E-state index in [1.54, 1.807) is 7.11 Å². The van der Waals surface area contributed by atoms with E-state index in [9.17, 15) is 0 Å². The van der Waals surface area contributed by atoms with Gasteiger partial charge in [0.2, 0.25) is 0 Å². The number of benzene rings is 1. The molecule has 0 aliphatic carbocycles. The van der Waals surface area contributed by atoms with Crippen LogP contribution in [0.5, 0.6) is 5.75 Å². The molecule has 0 N–H and O–H groups in total. The predicted molar refractivity (Wildman–Crippen MR) is 63.1 cm³/mol. The molecule has 0 heterocycles. The molecule has 0 fully saturated rings. The maximum absolute atomic E-state index is 8.90. The number of methoxy groups -OCH3 is 1. The lowest BCUT2D eigenvalue weighted by molar-refractivity contribution is 0.413. The molecule has 0 saturated heterocycles. The average molecular weight is 352 g/mol. The van der Waals surface area contributed by atoms with Gasteiger partial charge in [-0.05, 0) is 40.3 Å². The molecule has 0 unspecified atom stereocenters. The van der Waals surface area contributed by atoms with Crippen LogP contribution in [0.2, 0.25) is 0 Å². The number of alkyl halides is 1. The van der Waals surface area contributed by atoms with Gasteiger partial charge in [-0.25, -0.2) is 0 Å². The predicted octanol–water partition coefficient (Wildman–Crippen LogP) is 3.07. The zero-order valence-corrected chi connectivity index (χ0v) is 10.7. The Balaban J connectivity index is 3.36. The molecule has 68 valence electrons. The molecule has 0 aliphatic heterocycles. The Hall–Kier alpha value is -0.280. The molecule has 13 heavy (non-hydrogen) atoms. The van der Waals surface area contributed by atoms with Crippen molar-refractivity contribution in [3.05, 3.63) is 26.8 Å². The fourth-order valence-corrected chi connectivity index (χ4v) is 2.13. The van der Waals surface area contributed by atoms with Crippen LogP contribution in [0.25, 0.3) is 0 Å². The number of nitrogens with zero attached hydrogens (tertiary/aromatic N) is 1. The minimum absolute atomic E-state index is 0.611. The van der Waals surface area contributed by atoms with Crippen molar-refractivity contribution >= 4 is 38.5 Å². The Labute approximate surface area is 99.2 Å². The van der Waals surface area contributed by atoms with Crippen molar-refractivity contribution in [1.82, 2.24) is 0 Å². The van der Waals surface area contributed by atoms with Crippen molar-refractivity contribution in [3.8, 4) is 11.8 Å². The second-order valence-electron chi connectivity index (χ2n) is 2.39. The van der Waals surface area contributed by atoms with Crippen molar-refractivity contribution in [2.75, 3.05) is 7.11 Å². The van der Waals surface area contributed by atoms with Crippen LogP contribution in [0.4, 0.5) is 0 Å². The second-order valence-corrected chi connectivity index (χ2v) is 4.19. The molecule has 0 radical (unpaired) electrons. The monoisotopic (exact) mass is 351 g/mol. The molecule has 0 spiro atoms. The van der Waals surface area contributed by atoms with Gasteiger partial charge in [-0.3, -0.25) is 0 Å². The van der Waals surface area contributed by atoms with Gasteiger partial charge in [0.25, 0.3) is 0 Å². The fourth-order valence-electron chi connectivity index (χ4n) is 1.03. The largest absolute Gasteiger partial charge is 0.495 e. The third-order valence-corrected chi connectivity index (χ3v) is 2.85. The van der Waals surface area contributed by atoms with E-state index in [0.717, 1.165) is 9.13 Å². The maximum Gasteiger partial charge on any atom is 0.137 e. The van der Waals surface area contributed by atoms with E-state index in [1.165, 1.54) is 0 Å². The summed E-state index contributed by atoms with van der Waals surface area (Å²) in [5.74, 6) is 0.642. The Kier molecular flexibility index (Phi) is 4.00. The molecule has 4 heteroatoms. The SMILES string of the molecule is COc1cc(I)cc(CBr)c1C#N. The zero-order valence-electron chi connectivity index (χ0n) is 6.97. The Morgan fingerprint density at radius 1 is 1.62 bits per heavy atom. The van der Waals surface area contributed by atoms with E-state index in [0.29, 0.717) is 16.6 Å². The fraction of sp³-hybridized carbons (Fsp3) is 0.222. The summed E-state index contributed by atoms with van der Waals surface area (Å²) in [6, 6.07) is 5.96. The number of rotatable bonds is 2. The first kappa shape index (κ1) is 10.8. The molecule has 0 atom stereocenters. The van der Waals surface area contributed by atoms with Crippen LogP contribution >= 0.6 is 38.5 Å². The molecule has 0 saturated carbocycles. The lowest BCUT2D eigenvalue weighted by Gasteiger charge is -2.06. The van der Waals surface area contributed by atoms with Crippen molar-refractivity contribution in [2.24, 2.45) is 0 Å². The number of ether oxygens (including phenoxy) is 1. The summed E-state index contributed by atoms with van der Waals surface area (Å²) in [7, 11) is 1.57. The molecule has 1 rings (SSSR count). The van der Waals surface area contributed by atoms with Crippen LogP contribution in [-0.4, -0.2) is 7.11 Å². The van der Waals surface area contributed by atoms with Crippen LogP contribution < -0.4 is 4.74 Å². The first-order valence-electron chi connectivity index (χ1n) is 3.55. The van der Waals surface area contributed by atoms with Gasteiger partial charge in [0, 0.05) is 8.90 Å². The molecule has 0 aromatic heterocycles. The molecular weight excluding hydrogens is 345 g/mol. The third kappa shape index (κ3) is 2.35. The van der Waals surface area contributed by atoms with E-state index in [-0.39, 0.29) is 0 Å². The highest BCUT2D eigenvalue weighted by Crippen LogP contribution is 2.26. The lowest BCUT2D eigenvalue weighted by Crippen LogP contribution is -1.94. The molecule has 1 aromatic rings. The van der Waals surface area contributed by atoms with E-state index in [1.807, 2.05) is 12.1 Å². The van der Waals surface area contributed by atoms with Crippen LogP contribution in [0.15, 0.2) is 12.1 Å². The second kappa shape index (κ2) is 4.82. The summed E-state index contributed by atoms with van der Waals surface area (Å²) >= 11 is 5.54. The van der Waals surface area contributed by atoms with Gasteiger partial charge in [0.15, 0.2) is 0 Å². The first-order valence-corrected chi connectivity index (χ1v) is 5.75. The highest BCUT2D eigenvalue weighted by atomic mass is 127. The molecule has 0 bridgehead atoms. The summed E-state index contributed by atoms with van der Waals surface area (Å²) in [4.78, 5) is 0. The number of hydrogen-bond donors (Lipinski definition) is 0. The van der Waals surface area contributed by atoms with Gasteiger partial charge in [0.1, 0.15) is 11.8 Å². The van der Waals surface area contributed by atoms with Crippen molar-refractivity contribution in [1.29, 1.82) is 5.26 Å². The quantitative estimate of drug-likeness (QED) is 0.606. The van der Waals surface area contributed by atoms with Crippen molar-refractivity contribution < 1.29 is 4.74 Å². The number of hydrogen-bond acceptors (Lipinski definition) is 2. The van der Waals surface area contributed by atoms with E-state index >= 15 is 0 Å². The summed E-state index contributed by atoms with van der Waals surface area (Å²) < 4.78 is 6.18. The summed E-state index contributed by atoms with van der Waals surface area (Å²) in [5.41, 5.74) is 1.58. The van der Waals surface area contributed by atoms with Gasteiger partial charge in [0.05, 0.1) is 12.7 Å². The van der Waals surface area contributed by atoms with Gasteiger partial charge in [-0.1, -0.05) is 15.9 Å². The van der Waals surface area contributed by atoms with E-state index in [4.69, 9.17) is 10.00 Å². The normalized spacial score (nSPS) is 9.38. The van der Waals surface area contributed by atoms with Crippen LogP contribution in [0.1, 0.15) is 11.1 Å². The summed E-state index contributed by atoms with van der Waals surface area (Å²) in [5, 5.41) is 9.57. The highest BCUT2D eigenvalue weighted by molar-refractivity contribution is 14.1. The average Bonchev–Trinajstić information content (AvgIpc) is 2.16. The molecular formula is C9H7BrINO. The van der Waals surface area contributed by atoms with E-state index < -0.39 is 0 Å². The highest BCUT2D eigenvalue weighted by Gasteiger charge is 2.08. The Bertz CT molecular complexity index is 334. The van der Waals surface area contributed by atoms with Crippen LogP contribution in [0.3, 0.4) is 0 Å². The topological polar surface area (TPSA) is 33.0 Å².